The van der Waals surface area contributed by atoms with Crippen LogP contribution in [-0.2, 0) is 21.2 Å². The van der Waals surface area contributed by atoms with Crippen LogP contribution >= 0.6 is 11.6 Å². The van der Waals surface area contributed by atoms with Gasteiger partial charge in [0.2, 0.25) is 5.91 Å². The first-order valence-corrected chi connectivity index (χ1v) is 13.7. The molecular weight excluding hydrogens is 510 g/mol. The van der Waals surface area contributed by atoms with Crippen LogP contribution in [-0.4, -0.2) is 35.4 Å². The van der Waals surface area contributed by atoms with Gasteiger partial charge in [-0.1, -0.05) is 23.7 Å². The molecule has 1 aliphatic heterocycles. The van der Waals surface area contributed by atoms with Crippen LogP contribution in [0.15, 0.2) is 78.2 Å². The summed E-state index contributed by atoms with van der Waals surface area (Å²) in [5.74, 6) is 0.215. The van der Waals surface area contributed by atoms with Gasteiger partial charge in [-0.3, -0.25) is 18.7 Å². The van der Waals surface area contributed by atoms with Gasteiger partial charge in [0.25, 0.3) is 10.0 Å². The van der Waals surface area contributed by atoms with Gasteiger partial charge in [-0.25, -0.2) is 13.4 Å². The van der Waals surface area contributed by atoms with E-state index in [4.69, 9.17) is 11.6 Å². The Balaban J connectivity index is 1.52. The van der Waals surface area contributed by atoms with Crippen molar-refractivity contribution in [3.8, 4) is 5.69 Å². The predicted molar refractivity (Wildman–Crippen MR) is 142 cm³/mol. The number of para-hydroxylation sites is 2. The highest BCUT2D eigenvalue weighted by atomic mass is 35.5. The summed E-state index contributed by atoms with van der Waals surface area (Å²) in [6.45, 7) is 3.91. The highest BCUT2D eigenvalue weighted by molar-refractivity contribution is 7.93. The minimum absolute atomic E-state index is 0.0907. The molecule has 0 aliphatic carbocycles. The van der Waals surface area contributed by atoms with Crippen LogP contribution in [0.5, 0.6) is 0 Å². The van der Waals surface area contributed by atoms with Crippen LogP contribution in [0.1, 0.15) is 35.0 Å². The van der Waals surface area contributed by atoms with Crippen LogP contribution < -0.4 is 9.62 Å². The largest absolute Gasteiger partial charge is 0.356 e. The summed E-state index contributed by atoms with van der Waals surface area (Å²) in [6, 6.07) is 13.4. The maximum atomic E-state index is 14.3. The number of rotatable bonds is 7. The zero-order valence-corrected chi connectivity index (χ0v) is 22.0. The Labute approximate surface area is 221 Å². The fourth-order valence-electron chi connectivity index (χ4n) is 4.65. The van der Waals surface area contributed by atoms with Crippen LogP contribution in [0.4, 0.5) is 5.69 Å². The molecular formula is C27H26ClN5O3S. The molecule has 1 aliphatic rings. The maximum absolute atomic E-state index is 14.3. The zero-order chi connectivity index (χ0) is 26.2. The number of pyridine rings is 1. The summed E-state index contributed by atoms with van der Waals surface area (Å²) in [6.07, 6.45) is 7.37. The molecule has 5 rings (SSSR count). The molecule has 1 atom stereocenters. The number of carbonyl (C=O) groups is 1. The van der Waals surface area contributed by atoms with Gasteiger partial charge < -0.3 is 5.32 Å². The van der Waals surface area contributed by atoms with Crippen molar-refractivity contribution in [3.05, 3.63) is 101 Å². The van der Waals surface area contributed by atoms with Crippen LogP contribution in [0, 0.1) is 13.8 Å². The van der Waals surface area contributed by atoms with Crippen LogP contribution in [0.25, 0.3) is 5.69 Å². The second-order valence-corrected chi connectivity index (χ2v) is 11.2. The first kappa shape index (κ1) is 25.0. The summed E-state index contributed by atoms with van der Waals surface area (Å²) in [5.41, 5.74) is 3.40. The minimum atomic E-state index is -4.09. The van der Waals surface area contributed by atoms with E-state index in [2.05, 4.69) is 15.3 Å². The van der Waals surface area contributed by atoms with E-state index in [-0.39, 0.29) is 17.2 Å². The molecule has 1 unspecified atom stereocenters. The molecule has 4 aromatic rings. The number of hydrogen-bond acceptors (Lipinski definition) is 5. The predicted octanol–water partition coefficient (Wildman–Crippen LogP) is 4.54. The molecule has 2 aromatic carbocycles. The van der Waals surface area contributed by atoms with E-state index in [0.29, 0.717) is 46.3 Å². The van der Waals surface area contributed by atoms with Crippen molar-refractivity contribution in [2.24, 2.45) is 0 Å². The Hall–Kier alpha value is -3.69. The van der Waals surface area contributed by atoms with E-state index in [1.807, 2.05) is 28.8 Å². The smallest absolute Gasteiger partial charge is 0.265 e. The molecule has 1 amide bonds. The fourth-order valence-corrected chi connectivity index (χ4v) is 6.78. The number of anilines is 1. The van der Waals surface area contributed by atoms with E-state index in [1.165, 1.54) is 4.31 Å². The molecule has 2 aromatic heterocycles. The Kier molecular flexibility index (Phi) is 6.74. The van der Waals surface area contributed by atoms with E-state index in [9.17, 15) is 13.2 Å². The average molecular weight is 536 g/mol. The van der Waals surface area contributed by atoms with Gasteiger partial charge >= 0.3 is 0 Å². The van der Waals surface area contributed by atoms with E-state index < -0.39 is 16.1 Å². The van der Waals surface area contributed by atoms with E-state index in [0.717, 1.165) is 5.56 Å². The van der Waals surface area contributed by atoms with E-state index >= 15 is 0 Å². The number of hydrogen-bond donors (Lipinski definition) is 1. The van der Waals surface area contributed by atoms with Crippen molar-refractivity contribution in [2.75, 3.05) is 10.8 Å². The Morgan fingerprint density at radius 3 is 2.51 bits per heavy atom. The van der Waals surface area contributed by atoms with Gasteiger partial charge in [-0.05, 0) is 73.4 Å². The Morgan fingerprint density at radius 1 is 1.03 bits per heavy atom. The summed E-state index contributed by atoms with van der Waals surface area (Å²) >= 11 is 6.27. The van der Waals surface area contributed by atoms with Crippen molar-refractivity contribution in [1.82, 2.24) is 19.9 Å². The van der Waals surface area contributed by atoms with Gasteiger partial charge in [-0.15, -0.1) is 0 Å². The number of halogens is 1. The number of nitrogens with one attached hydrogen (secondary N) is 1. The first-order chi connectivity index (χ1) is 17.8. The molecule has 10 heteroatoms. The summed E-state index contributed by atoms with van der Waals surface area (Å²) in [5, 5.41) is 3.43. The lowest BCUT2D eigenvalue weighted by atomic mass is 10.1. The highest BCUT2D eigenvalue weighted by Gasteiger charge is 2.41. The average Bonchev–Trinajstić information content (AvgIpc) is 3.37. The number of aryl methyl sites for hydroxylation is 2. The number of aromatic nitrogens is 3. The van der Waals surface area contributed by atoms with Gasteiger partial charge in [0.05, 0.1) is 22.7 Å². The summed E-state index contributed by atoms with van der Waals surface area (Å²) < 4.78 is 31.7. The molecule has 0 fully saturated rings. The Morgan fingerprint density at radius 2 is 1.76 bits per heavy atom. The highest BCUT2D eigenvalue weighted by Crippen LogP contribution is 2.43. The third kappa shape index (κ3) is 4.72. The normalized spacial score (nSPS) is 14.7. The van der Waals surface area contributed by atoms with Gasteiger partial charge in [0.1, 0.15) is 11.9 Å². The standard InChI is InChI=1S/C27H26ClN5O3S/c1-18-16-25(19(2)15-21(18)28)37(35,36)33-23-6-4-3-5-22(23)32-14-13-31-27(32)24(33)17-26(34)30-12-9-20-7-10-29-11-8-20/h3-8,10-11,13-16,24H,9,12,17H2,1-2H3,(H,30,34). The van der Waals surface area contributed by atoms with Crippen molar-refractivity contribution in [2.45, 2.75) is 37.6 Å². The van der Waals surface area contributed by atoms with Crippen molar-refractivity contribution < 1.29 is 13.2 Å². The van der Waals surface area contributed by atoms with Crippen molar-refractivity contribution in [1.29, 1.82) is 0 Å². The fraction of sp³-hybridized carbons (Fsp3) is 0.222. The van der Waals surface area contributed by atoms with Gasteiger partial charge in [0.15, 0.2) is 0 Å². The summed E-state index contributed by atoms with van der Waals surface area (Å²) in [4.78, 5) is 21.8. The lowest BCUT2D eigenvalue weighted by Crippen LogP contribution is -2.42. The molecule has 0 saturated heterocycles. The Bertz CT molecular complexity index is 1570. The van der Waals surface area contributed by atoms with Crippen molar-refractivity contribution >= 4 is 33.2 Å². The first-order valence-electron chi connectivity index (χ1n) is 11.9. The number of fused-ring (bicyclic) bond motifs is 3. The van der Waals surface area contributed by atoms with Crippen molar-refractivity contribution in [3.63, 3.8) is 0 Å². The molecule has 0 radical (unpaired) electrons. The number of sulfonamides is 1. The van der Waals surface area contributed by atoms with Crippen LogP contribution in [0.2, 0.25) is 5.02 Å². The number of benzene rings is 2. The number of carbonyl (C=O) groups excluding carboxylic acids is 1. The van der Waals surface area contributed by atoms with Crippen LogP contribution in [0.3, 0.4) is 0 Å². The second-order valence-electron chi connectivity index (χ2n) is 8.99. The molecule has 0 spiro atoms. The zero-order valence-electron chi connectivity index (χ0n) is 20.4. The third-order valence-corrected chi connectivity index (χ3v) is 8.86. The monoisotopic (exact) mass is 535 g/mol. The molecule has 190 valence electrons. The molecule has 8 nitrogen and oxygen atoms in total. The third-order valence-electron chi connectivity index (χ3n) is 6.49. The quantitative estimate of drug-likeness (QED) is 0.375. The number of amides is 1. The SMILES string of the molecule is Cc1cc(S(=O)(=O)N2c3ccccc3-n3ccnc3C2CC(=O)NCCc2ccncc2)c(C)cc1Cl. The number of imidazole rings is 1. The maximum Gasteiger partial charge on any atom is 0.265 e. The topological polar surface area (TPSA) is 97.2 Å². The summed E-state index contributed by atoms with van der Waals surface area (Å²) in [7, 11) is -4.09. The molecule has 37 heavy (non-hydrogen) atoms. The minimum Gasteiger partial charge on any atom is -0.356 e. The number of nitrogens with zero attached hydrogens (tertiary/aromatic N) is 4. The van der Waals surface area contributed by atoms with Gasteiger partial charge in [0, 0.05) is 36.4 Å². The molecule has 1 N–H and O–H groups in total. The second kappa shape index (κ2) is 9.99. The molecule has 3 heterocycles. The van der Waals surface area contributed by atoms with Gasteiger partial charge in [-0.2, -0.15) is 0 Å². The lowest BCUT2D eigenvalue weighted by Gasteiger charge is -2.37. The van der Waals surface area contributed by atoms with E-state index in [1.54, 1.807) is 62.9 Å². The molecule has 0 bridgehead atoms. The molecule has 0 saturated carbocycles. The lowest BCUT2D eigenvalue weighted by molar-refractivity contribution is -0.121.